The average molecular weight is 446 g/mol. The molecule has 0 aromatic carbocycles. The van der Waals surface area contributed by atoms with E-state index in [1.54, 1.807) is 0 Å². The molecule has 0 aromatic heterocycles. The van der Waals surface area contributed by atoms with Crippen molar-refractivity contribution in [1.82, 2.24) is 4.90 Å². The highest BCUT2D eigenvalue weighted by Gasteiger charge is 2.58. The predicted octanol–water partition coefficient (Wildman–Crippen LogP) is 6.16. The van der Waals surface area contributed by atoms with Crippen LogP contribution < -0.4 is 0 Å². The molecule has 1 N–H and O–H groups in total. The zero-order chi connectivity index (χ0) is 23.3. The Hall–Kier alpha value is -1.33. The second-order valence-corrected chi connectivity index (χ2v) is 16.9. The summed E-state index contributed by atoms with van der Waals surface area (Å²) in [5.41, 5.74) is 1.44. The van der Waals surface area contributed by atoms with E-state index in [4.69, 9.17) is 4.74 Å². The Balaban J connectivity index is 2.06. The first-order valence-corrected chi connectivity index (χ1v) is 15.5. The number of aliphatic hydroxyl groups excluding tert-OH is 1. The summed E-state index contributed by atoms with van der Waals surface area (Å²) in [7, 11) is -2.00. The lowest BCUT2D eigenvalue weighted by Crippen LogP contribution is -2.56. The lowest BCUT2D eigenvalue weighted by atomic mass is 9.44. The molecule has 2 bridgehead atoms. The summed E-state index contributed by atoms with van der Waals surface area (Å²) >= 11 is 0. The Morgan fingerprint density at radius 3 is 2.10 bits per heavy atom. The van der Waals surface area contributed by atoms with Crippen molar-refractivity contribution in [2.24, 2.45) is 29.1 Å². The number of ether oxygens (including phenoxy) is 1. The number of aliphatic hydroxyl groups is 1. The van der Waals surface area contributed by atoms with Crippen LogP contribution in [0.4, 0.5) is 4.79 Å². The fraction of sp³-hybridized carbons (Fsp3) is 0.731. The SMILES string of the molecule is CC(C)N(C(=O)O/C(=C1\[C@@H]([C@H](O)C2C=CC=C2)C[C@H]2C[C@@H]1C2(C)C)[Si](C)(C)C)C(C)C. The third kappa shape index (κ3) is 4.45. The zero-order valence-corrected chi connectivity index (χ0v) is 22.0. The molecule has 3 saturated carbocycles. The largest absolute Gasteiger partial charge is 0.420 e. The number of hydrogen-bond donors (Lipinski definition) is 1. The molecule has 4 aliphatic carbocycles. The standard InChI is InChI=1S/C26H43NO3Si/c1-16(2)27(17(3)4)25(29)30-24(31(7,8)9)22-20(23(28)18-12-10-11-13-18)14-19-15-21(22)26(19,5)6/h10-13,16-21,23,28H,14-15H2,1-9H3/b24-22-/t19-,20-,21-,23+/m0/s1. The van der Waals surface area contributed by atoms with Gasteiger partial charge in [-0.15, -0.1) is 0 Å². The lowest BCUT2D eigenvalue weighted by molar-refractivity contribution is -0.0765. The summed E-state index contributed by atoms with van der Waals surface area (Å²) in [4.78, 5) is 15.2. The van der Waals surface area contributed by atoms with Gasteiger partial charge in [0.25, 0.3) is 0 Å². The van der Waals surface area contributed by atoms with Gasteiger partial charge in [0.05, 0.1) is 11.5 Å². The van der Waals surface area contributed by atoms with E-state index in [1.807, 2.05) is 44.7 Å². The van der Waals surface area contributed by atoms with E-state index in [-0.39, 0.29) is 35.4 Å². The number of hydrogen-bond acceptors (Lipinski definition) is 3. The minimum atomic E-state index is -2.00. The minimum absolute atomic E-state index is 0.0435. The molecule has 4 rings (SSSR count). The molecule has 0 aliphatic heterocycles. The first-order chi connectivity index (χ1) is 14.3. The monoisotopic (exact) mass is 445 g/mol. The van der Waals surface area contributed by atoms with Crippen molar-refractivity contribution in [3.8, 4) is 0 Å². The lowest BCUT2D eigenvalue weighted by Gasteiger charge is -2.61. The summed E-state index contributed by atoms with van der Waals surface area (Å²) in [5, 5.41) is 12.3. The van der Waals surface area contributed by atoms with Gasteiger partial charge in [-0.1, -0.05) is 57.8 Å². The predicted molar refractivity (Wildman–Crippen MR) is 130 cm³/mol. The topological polar surface area (TPSA) is 49.8 Å². The molecule has 0 spiro atoms. The molecule has 4 aliphatic rings. The van der Waals surface area contributed by atoms with Crippen LogP contribution >= 0.6 is 0 Å². The van der Waals surface area contributed by atoms with Crippen LogP contribution in [0.25, 0.3) is 0 Å². The molecule has 3 fully saturated rings. The van der Waals surface area contributed by atoms with Crippen molar-refractivity contribution in [1.29, 1.82) is 0 Å². The molecule has 0 saturated heterocycles. The quantitative estimate of drug-likeness (QED) is 0.393. The Morgan fingerprint density at radius 2 is 1.65 bits per heavy atom. The van der Waals surface area contributed by atoms with Gasteiger partial charge in [-0.05, 0) is 63.4 Å². The Bertz CT molecular complexity index is 767. The molecule has 4 atom stereocenters. The highest BCUT2D eigenvalue weighted by molar-refractivity contribution is 6.82. The number of amides is 1. The van der Waals surface area contributed by atoms with Gasteiger partial charge in [0, 0.05) is 23.9 Å². The summed E-state index contributed by atoms with van der Waals surface area (Å²) in [5.74, 6) is 1.09. The maximum absolute atomic E-state index is 13.3. The third-order valence-corrected chi connectivity index (χ3v) is 9.58. The Kier molecular flexibility index (Phi) is 6.70. The van der Waals surface area contributed by atoms with Crippen LogP contribution in [0, 0.1) is 29.1 Å². The van der Waals surface area contributed by atoms with E-state index >= 15 is 0 Å². The second-order valence-electron chi connectivity index (χ2n) is 12.0. The number of carbonyl (C=O) groups is 1. The molecule has 1 amide bonds. The van der Waals surface area contributed by atoms with Gasteiger partial charge in [-0.25, -0.2) is 4.79 Å². The summed E-state index contributed by atoms with van der Waals surface area (Å²) in [6, 6.07) is 0.151. The van der Waals surface area contributed by atoms with Gasteiger partial charge in [-0.2, -0.15) is 0 Å². The molecule has 4 nitrogen and oxygen atoms in total. The molecule has 174 valence electrons. The summed E-state index contributed by atoms with van der Waals surface area (Å²) in [6.07, 6.45) is 9.62. The highest BCUT2D eigenvalue weighted by atomic mass is 28.3. The fourth-order valence-electron chi connectivity index (χ4n) is 6.03. The number of nitrogens with zero attached hydrogens (tertiary/aromatic N) is 1. The van der Waals surface area contributed by atoms with Crippen molar-refractivity contribution < 1.29 is 14.6 Å². The molecule has 31 heavy (non-hydrogen) atoms. The highest BCUT2D eigenvalue weighted by Crippen LogP contribution is 2.64. The fourth-order valence-corrected chi connectivity index (χ4v) is 7.65. The molecule has 0 aromatic rings. The number of fused-ring (bicyclic) bond motifs is 2. The molecular weight excluding hydrogens is 402 g/mol. The van der Waals surface area contributed by atoms with Crippen molar-refractivity contribution in [3.05, 3.63) is 35.3 Å². The molecule has 5 heteroatoms. The van der Waals surface area contributed by atoms with E-state index in [1.165, 1.54) is 5.57 Å². The maximum Gasteiger partial charge on any atom is 0.414 e. The van der Waals surface area contributed by atoms with Crippen molar-refractivity contribution in [3.63, 3.8) is 0 Å². The third-order valence-electron chi connectivity index (χ3n) is 7.82. The van der Waals surface area contributed by atoms with Crippen LogP contribution in [0.5, 0.6) is 0 Å². The second kappa shape index (κ2) is 8.55. The normalized spacial score (nSPS) is 29.9. The van der Waals surface area contributed by atoms with Crippen LogP contribution in [0.15, 0.2) is 35.3 Å². The van der Waals surface area contributed by atoms with E-state index < -0.39 is 14.2 Å². The average Bonchev–Trinajstić information content (AvgIpc) is 3.18. The van der Waals surface area contributed by atoms with E-state index in [2.05, 4.69) is 45.6 Å². The number of carbonyl (C=O) groups excluding carboxylic acids is 1. The molecule has 0 radical (unpaired) electrons. The summed E-state index contributed by atoms with van der Waals surface area (Å²) in [6.45, 7) is 19.6. The van der Waals surface area contributed by atoms with Crippen LogP contribution in [0.1, 0.15) is 54.4 Å². The van der Waals surface area contributed by atoms with E-state index in [0.29, 0.717) is 11.8 Å². The van der Waals surface area contributed by atoms with Crippen molar-refractivity contribution in [2.75, 3.05) is 0 Å². The van der Waals surface area contributed by atoms with Crippen LogP contribution in [0.3, 0.4) is 0 Å². The van der Waals surface area contributed by atoms with E-state index in [9.17, 15) is 9.90 Å². The van der Waals surface area contributed by atoms with Crippen LogP contribution in [0.2, 0.25) is 19.6 Å². The first-order valence-electron chi connectivity index (χ1n) is 12.0. The van der Waals surface area contributed by atoms with Gasteiger partial charge < -0.3 is 14.7 Å². The van der Waals surface area contributed by atoms with Gasteiger partial charge >= 0.3 is 6.09 Å². The summed E-state index contributed by atoms with van der Waals surface area (Å²) < 4.78 is 6.35. The van der Waals surface area contributed by atoms with Gasteiger partial charge in [-0.3, -0.25) is 0 Å². The molecule has 0 heterocycles. The van der Waals surface area contributed by atoms with Crippen molar-refractivity contribution in [2.45, 2.75) is 92.2 Å². The Labute approximate surface area is 190 Å². The van der Waals surface area contributed by atoms with Gasteiger partial charge in [0.2, 0.25) is 0 Å². The van der Waals surface area contributed by atoms with E-state index in [0.717, 1.165) is 18.2 Å². The van der Waals surface area contributed by atoms with Crippen molar-refractivity contribution >= 4 is 14.2 Å². The number of allylic oxidation sites excluding steroid dienone is 2. The van der Waals surface area contributed by atoms with Gasteiger partial charge in [0.1, 0.15) is 8.07 Å². The molecule has 0 unspecified atom stereocenters. The number of rotatable bonds is 6. The maximum atomic E-state index is 13.3. The zero-order valence-electron chi connectivity index (χ0n) is 21.0. The van der Waals surface area contributed by atoms with Crippen LogP contribution in [-0.4, -0.2) is 42.4 Å². The Morgan fingerprint density at radius 1 is 1.10 bits per heavy atom. The smallest absolute Gasteiger partial charge is 0.414 e. The molecular formula is C26H43NO3Si. The van der Waals surface area contributed by atoms with Crippen LogP contribution in [-0.2, 0) is 4.74 Å². The first kappa shape index (κ1) is 24.3. The minimum Gasteiger partial charge on any atom is -0.420 e. The van der Waals surface area contributed by atoms with Gasteiger partial charge in [0.15, 0.2) is 0 Å².